The highest BCUT2D eigenvalue weighted by atomic mass is 32.2. The third-order valence-electron chi connectivity index (χ3n) is 4.15. The van der Waals surface area contributed by atoms with Crippen molar-refractivity contribution in [2.24, 2.45) is 5.92 Å². The highest BCUT2D eigenvalue weighted by Gasteiger charge is 2.17. The van der Waals surface area contributed by atoms with Crippen LogP contribution in [0.3, 0.4) is 0 Å². The number of aryl methyl sites for hydroxylation is 1. The summed E-state index contributed by atoms with van der Waals surface area (Å²) in [5, 5.41) is 9.31. The summed E-state index contributed by atoms with van der Waals surface area (Å²) < 4.78 is 6.73. The number of ether oxygens (including phenoxy) is 1. The van der Waals surface area contributed by atoms with Gasteiger partial charge in [-0.3, -0.25) is 4.79 Å². The molecule has 1 heterocycles. The van der Waals surface area contributed by atoms with Crippen molar-refractivity contribution in [3.8, 4) is 0 Å². The van der Waals surface area contributed by atoms with Crippen LogP contribution in [0.5, 0.6) is 0 Å². The number of esters is 1. The standard InChI is InChI=1S/C16H25N3O2S/c1-3-11-19-14(10-9-13-7-5-4-6-8-13)17-18-16(19)22-12-15(20)21-2/h3,13H,1,4-12H2,2H3. The minimum absolute atomic E-state index is 0.248. The predicted octanol–water partition coefficient (Wildman–Crippen LogP) is 3.24. The number of methoxy groups -OCH3 is 1. The number of allylic oxidation sites excluding steroid dienone is 1. The molecule has 1 saturated carbocycles. The fraction of sp³-hybridized carbons (Fsp3) is 0.688. The molecule has 0 spiro atoms. The molecule has 0 amide bonds. The van der Waals surface area contributed by atoms with Crippen LogP contribution in [-0.2, 0) is 22.5 Å². The molecule has 6 heteroatoms. The zero-order valence-electron chi connectivity index (χ0n) is 13.3. The SMILES string of the molecule is C=CCn1c(CCC2CCCCC2)nnc1SCC(=O)OC. The van der Waals surface area contributed by atoms with Crippen molar-refractivity contribution in [3.05, 3.63) is 18.5 Å². The number of hydrogen-bond donors (Lipinski definition) is 0. The molecule has 0 bridgehead atoms. The Morgan fingerprint density at radius 2 is 2.18 bits per heavy atom. The Kier molecular flexibility index (Phi) is 6.96. The first-order valence-corrected chi connectivity index (χ1v) is 8.95. The average molecular weight is 323 g/mol. The van der Waals surface area contributed by atoms with E-state index >= 15 is 0 Å². The minimum atomic E-state index is -0.248. The number of thioether (sulfide) groups is 1. The van der Waals surface area contributed by atoms with Crippen LogP contribution in [0, 0.1) is 5.92 Å². The van der Waals surface area contributed by atoms with Crippen molar-refractivity contribution in [3.63, 3.8) is 0 Å². The van der Waals surface area contributed by atoms with Crippen molar-refractivity contribution in [2.45, 2.75) is 56.6 Å². The van der Waals surface area contributed by atoms with E-state index < -0.39 is 0 Å². The first-order valence-electron chi connectivity index (χ1n) is 7.97. The van der Waals surface area contributed by atoms with E-state index in [9.17, 15) is 4.79 Å². The van der Waals surface area contributed by atoms with E-state index in [1.807, 2.05) is 6.08 Å². The molecule has 0 aromatic carbocycles. The summed E-state index contributed by atoms with van der Waals surface area (Å²) in [5.74, 6) is 1.84. The quantitative estimate of drug-likeness (QED) is 0.417. The lowest BCUT2D eigenvalue weighted by molar-refractivity contribution is -0.137. The van der Waals surface area contributed by atoms with E-state index in [-0.39, 0.29) is 11.7 Å². The Balaban J connectivity index is 1.95. The highest BCUT2D eigenvalue weighted by Crippen LogP contribution is 2.28. The van der Waals surface area contributed by atoms with Gasteiger partial charge in [0.15, 0.2) is 5.16 Å². The molecular formula is C16H25N3O2S. The summed E-state index contributed by atoms with van der Waals surface area (Å²) in [5.41, 5.74) is 0. The molecular weight excluding hydrogens is 298 g/mol. The lowest BCUT2D eigenvalue weighted by Crippen LogP contribution is -2.11. The molecule has 1 aromatic rings. The lowest BCUT2D eigenvalue weighted by Gasteiger charge is -2.21. The van der Waals surface area contributed by atoms with Gasteiger partial charge in [0.2, 0.25) is 0 Å². The monoisotopic (exact) mass is 323 g/mol. The first kappa shape index (κ1) is 17.1. The molecule has 0 N–H and O–H groups in total. The third-order valence-corrected chi connectivity index (χ3v) is 5.09. The van der Waals surface area contributed by atoms with E-state index in [1.165, 1.54) is 57.4 Å². The molecule has 1 aliphatic rings. The summed E-state index contributed by atoms with van der Waals surface area (Å²) in [7, 11) is 1.40. The van der Waals surface area contributed by atoms with Gasteiger partial charge in [-0.25, -0.2) is 0 Å². The van der Waals surface area contributed by atoms with Gasteiger partial charge in [0, 0.05) is 13.0 Å². The Labute approximate surface area is 136 Å². The fourth-order valence-electron chi connectivity index (χ4n) is 2.91. The highest BCUT2D eigenvalue weighted by molar-refractivity contribution is 7.99. The molecule has 1 aromatic heterocycles. The van der Waals surface area contributed by atoms with Crippen LogP contribution in [0.25, 0.3) is 0 Å². The van der Waals surface area contributed by atoms with Crippen LogP contribution in [0.1, 0.15) is 44.3 Å². The molecule has 1 fully saturated rings. The Bertz CT molecular complexity index is 496. The number of hydrogen-bond acceptors (Lipinski definition) is 5. The summed E-state index contributed by atoms with van der Waals surface area (Å²) in [4.78, 5) is 11.3. The molecule has 0 radical (unpaired) electrons. The summed E-state index contributed by atoms with van der Waals surface area (Å²) in [6.45, 7) is 4.48. The van der Waals surface area contributed by atoms with Crippen molar-refractivity contribution in [2.75, 3.05) is 12.9 Å². The van der Waals surface area contributed by atoms with Gasteiger partial charge in [-0.15, -0.1) is 16.8 Å². The van der Waals surface area contributed by atoms with E-state index in [4.69, 9.17) is 0 Å². The smallest absolute Gasteiger partial charge is 0.316 e. The number of carbonyl (C=O) groups is 1. The van der Waals surface area contributed by atoms with Gasteiger partial charge in [-0.05, 0) is 12.3 Å². The Hall–Kier alpha value is -1.30. The molecule has 0 saturated heterocycles. The molecule has 2 rings (SSSR count). The second-order valence-electron chi connectivity index (χ2n) is 5.71. The van der Waals surface area contributed by atoms with Crippen LogP contribution in [0.15, 0.2) is 17.8 Å². The maximum atomic E-state index is 11.3. The van der Waals surface area contributed by atoms with E-state index in [0.29, 0.717) is 6.54 Å². The number of carbonyl (C=O) groups excluding carboxylic acids is 1. The van der Waals surface area contributed by atoms with Crippen molar-refractivity contribution in [1.82, 2.24) is 14.8 Å². The first-order chi connectivity index (χ1) is 10.7. The third kappa shape index (κ3) is 4.87. The molecule has 1 aliphatic carbocycles. The maximum absolute atomic E-state index is 11.3. The van der Waals surface area contributed by atoms with Crippen LogP contribution in [0.2, 0.25) is 0 Å². The maximum Gasteiger partial charge on any atom is 0.316 e. The number of nitrogens with zero attached hydrogens (tertiary/aromatic N) is 3. The van der Waals surface area contributed by atoms with Gasteiger partial charge in [0.1, 0.15) is 5.82 Å². The van der Waals surface area contributed by atoms with Crippen molar-refractivity contribution >= 4 is 17.7 Å². The molecule has 0 atom stereocenters. The molecule has 122 valence electrons. The van der Waals surface area contributed by atoms with Crippen LogP contribution in [-0.4, -0.2) is 33.6 Å². The van der Waals surface area contributed by atoms with Crippen LogP contribution < -0.4 is 0 Å². The molecule has 0 aliphatic heterocycles. The average Bonchev–Trinajstić information content (AvgIpc) is 2.94. The van der Waals surface area contributed by atoms with Crippen molar-refractivity contribution < 1.29 is 9.53 Å². The van der Waals surface area contributed by atoms with Gasteiger partial charge in [-0.1, -0.05) is 49.9 Å². The van der Waals surface area contributed by atoms with Crippen LogP contribution in [0.4, 0.5) is 0 Å². The van der Waals surface area contributed by atoms with Gasteiger partial charge in [0.05, 0.1) is 12.9 Å². The lowest BCUT2D eigenvalue weighted by atomic mass is 9.86. The van der Waals surface area contributed by atoms with Crippen LogP contribution >= 0.6 is 11.8 Å². The summed E-state index contributed by atoms with van der Waals surface area (Å²) in [6, 6.07) is 0. The van der Waals surface area contributed by atoms with E-state index in [0.717, 1.165) is 23.3 Å². The van der Waals surface area contributed by atoms with Gasteiger partial charge >= 0.3 is 5.97 Å². The number of rotatable bonds is 8. The second-order valence-corrected chi connectivity index (χ2v) is 6.65. The summed E-state index contributed by atoms with van der Waals surface area (Å²) >= 11 is 1.37. The molecule has 5 nitrogen and oxygen atoms in total. The fourth-order valence-corrected chi connectivity index (χ4v) is 3.71. The summed E-state index contributed by atoms with van der Waals surface area (Å²) in [6.07, 6.45) is 10.8. The molecule has 22 heavy (non-hydrogen) atoms. The topological polar surface area (TPSA) is 57.0 Å². The second kappa shape index (κ2) is 8.98. The van der Waals surface area contributed by atoms with Gasteiger partial charge in [-0.2, -0.15) is 0 Å². The Morgan fingerprint density at radius 3 is 2.86 bits per heavy atom. The van der Waals surface area contributed by atoms with Crippen molar-refractivity contribution in [1.29, 1.82) is 0 Å². The number of aromatic nitrogens is 3. The van der Waals surface area contributed by atoms with E-state index in [2.05, 4.69) is 26.1 Å². The van der Waals surface area contributed by atoms with Gasteiger partial charge in [0.25, 0.3) is 0 Å². The van der Waals surface area contributed by atoms with Gasteiger partial charge < -0.3 is 9.30 Å². The zero-order chi connectivity index (χ0) is 15.8. The predicted molar refractivity (Wildman–Crippen MR) is 87.9 cm³/mol. The minimum Gasteiger partial charge on any atom is -0.468 e. The Morgan fingerprint density at radius 1 is 1.41 bits per heavy atom. The zero-order valence-corrected chi connectivity index (χ0v) is 14.1. The molecule has 0 unspecified atom stereocenters. The normalized spacial score (nSPS) is 15.7. The largest absolute Gasteiger partial charge is 0.468 e. The van der Waals surface area contributed by atoms with E-state index in [1.54, 1.807) is 0 Å².